The van der Waals surface area contributed by atoms with E-state index >= 15 is 0 Å². The number of aromatic carboxylic acids is 1. The molecule has 1 heterocycles. The molecule has 0 aliphatic heterocycles. The van der Waals surface area contributed by atoms with Crippen LogP contribution in [0.3, 0.4) is 0 Å². The quantitative estimate of drug-likeness (QED) is 0.732. The van der Waals surface area contributed by atoms with Crippen LogP contribution in [0.2, 0.25) is 0 Å². The number of benzene rings is 1. The Kier molecular flexibility index (Phi) is 1.55. The summed E-state index contributed by atoms with van der Waals surface area (Å²) in [5.74, 6) is -1.13. The lowest BCUT2D eigenvalue weighted by Gasteiger charge is -1.93. The Morgan fingerprint density at radius 2 is 2.23 bits per heavy atom. The van der Waals surface area contributed by atoms with Crippen LogP contribution in [0, 0.1) is 6.01 Å². The third kappa shape index (κ3) is 1.16. The molecule has 3 nitrogen and oxygen atoms in total. The van der Waals surface area contributed by atoms with Gasteiger partial charge in [-0.15, -0.1) is 0 Å². The molecule has 0 bridgehead atoms. The minimum absolute atomic E-state index is 0.0265. The van der Waals surface area contributed by atoms with Crippen LogP contribution in [0.1, 0.15) is 10.4 Å². The summed E-state index contributed by atoms with van der Waals surface area (Å²) in [6, 6.07) is 4.88. The van der Waals surface area contributed by atoms with Crippen LogP contribution in [-0.4, -0.2) is 11.1 Å². The van der Waals surface area contributed by atoms with E-state index < -0.39 is 12.0 Å². The Hall–Kier alpha value is -1.84. The van der Waals surface area contributed by atoms with Crippen molar-refractivity contribution in [2.45, 2.75) is 0 Å². The first-order valence-corrected chi connectivity index (χ1v) is 3.60. The molecule has 0 saturated heterocycles. The lowest BCUT2D eigenvalue weighted by molar-refractivity contribution is 0.0697. The number of hydrogen-bond donors (Lipinski definition) is 1. The average molecular weight is 180 g/mol. The molecule has 0 aliphatic rings. The highest BCUT2D eigenvalue weighted by Crippen LogP contribution is 2.21. The Balaban J connectivity index is 2.82. The second-order valence-electron chi connectivity index (χ2n) is 2.58. The smallest absolute Gasteiger partial charge is 0.339 e. The summed E-state index contributed by atoms with van der Waals surface area (Å²) >= 11 is 0. The molecular formula is C9H5FO3. The summed E-state index contributed by atoms with van der Waals surface area (Å²) in [7, 11) is 0. The molecule has 0 saturated carbocycles. The number of carboxylic acid groups (broad SMARTS) is 1. The summed E-state index contributed by atoms with van der Waals surface area (Å²) in [4.78, 5) is 10.6. The van der Waals surface area contributed by atoms with Crippen LogP contribution in [0.4, 0.5) is 4.39 Å². The molecule has 4 heteroatoms. The molecule has 66 valence electrons. The summed E-state index contributed by atoms with van der Waals surface area (Å²) < 4.78 is 17.2. The molecule has 1 N–H and O–H groups in total. The number of hydrogen-bond acceptors (Lipinski definition) is 2. The number of rotatable bonds is 1. The highest BCUT2D eigenvalue weighted by Gasteiger charge is 2.12. The molecule has 2 rings (SSSR count). The topological polar surface area (TPSA) is 50.4 Å². The number of carboxylic acids is 1. The van der Waals surface area contributed by atoms with Crippen molar-refractivity contribution in [3.8, 4) is 0 Å². The minimum Gasteiger partial charge on any atom is -0.478 e. The fraction of sp³-hybridized carbons (Fsp3) is 0. The van der Waals surface area contributed by atoms with E-state index in [0.717, 1.165) is 6.07 Å². The highest BCUT2D eigenvalue weighted by atomic mass is 19.1. The van der Waals surface area contributed by atoms with Crippen molar-refractivity contribution in [2.24, 2.45) is 0 Å². The zero-order chi connectivity index (χ0) is 9.42. The van der Waals surface area contributed by atoms with Gasteiger partial charge in [0.15, 0.2) is 5.58 Å². The lowest BCUT2D eigenvalue weighted by Crippen LogP contribution is -1.95. The van der Waals surface area contributed by atoms with E-state index in [2.05, 4.69) is 4.42 Å². The van der Waals surface area contributed by atoms with E-state index in [1.54, 1.807) is 12.1 Å². The average Bonchev–Trinajstić information content (AvgIpc) is 2.43. The van der Waals surface area contributed by atoms with Crippen molar-refractivity contribution in [3.05, 3.63) is 35.8 Å². The largest absolute Gasteiger partial charge is 0.478 e. The van der Waals surface area contributed by atoms with Gasteiger partial charge in [0.05, 0.1) is 0 Å². The minimum atomic E-state index is -1.13. The fourth-order valence-electron chi connectivity index (χ4n) is 1.20. The molecule has 0 aliphatic carbocycles. The van der Waals surface area contributed by atoms with Crippen LogP contribution in [0.5, 0.6) is 0 Å². The van der Waals surface area contributed by atoms with E-state index in [1.807, 2.05) is 0 Å². The van der Waals surface area contributed by atoms with Crippen LogP contribution >= 0.6 is 0 Å². The van der Waals surface area contributed by atoms with Gasteiger partial charge in [0.25, 0.3) is 6.01 Å². The van der Waals surface area contributed by atoms with Crippen molar-refractivity contribution in [1.29, 1.82) is 0 Å². The molecule has 0 unspecified atom stereocenters. The maximum Gasteiger partial charge on any atom is 0.339 e. The fourth-order valence-corrected chi connectivity index (χ4v) is 1.20. The first-order valence-electron chi connectivity index (χ1n) is 3.60. The van der Waals surface area contributed by atoms with Gasteiger partial charge in [-0.2, -0.15) is 4.39 Å². The molecule has 0 radical (unpaired) electrons. The standard InChI is InChI=1S/C9H5FO3/c10-7-4-5-2-1-3-6(9(11)12)8(5)13-7/h1-4H,(H,11,12). The first-order chi connectivity index (χ1) is 6.18. The van der Waals surface area contributed by atoms with E-state index in [1.165, 1.54) is 6.07 Å². The van der Waals surface area contributed by atoms with E-state index in [9.17, 15) is 9.18 Å². The van der Waals surface area contributed by atoms with Crippen LogP contribution in [-0.2, 0) is 0 Å². The van der Waals surface area contributed by atoms with Gasteiger partial charge in [0.2, 0.25) is 0 Å². The van der Waals surface area contributed by atoms with Gasteiger partial charge in [-0.1, -0.05) is 12.1 Å². The molecule has 1 aromatic heterocycles. The number of para-hydroxylation sites is 1. The van der Waals surface area contributed by atoms with Gasteiger partial charge in [-0.3, -0.25) is 0 Å². The third-order valence-electron chi connectivity index (χ3n) is 1.74. The number of carbonyl (C=O) groups is 1. The highest BCUT2D eigenvalue weighted by molar-refractivity contribution is 6.00. The maximum absolute atomic E-state index is 12.6. The van der Waals surface area contributed by atoms with Gasteiger partial charge in [-0.05, 0) is 6.07 Å². The van der Waals surface area contributed by atoms with Crippen LogP contribution < -0.4 is 0 Å². The van der Waals surface area contributed by atoms with Crippen molar-refractivity contribution in [1.82, 2.24) is 0 Å². The monoisotopic (exact) mass is 180 g/mol. The van der Waals surface area contributed by atoms with Gasteiger partial charge in [0.1, 0.15) is 5.56 Å². The van der Waals surface area contributed by atoms with E-state index in [0.29, 0.717) is 5.39 Å². The predicted octanol–water partition coefficient (Wildman–Crippen LogP) is 2.27. The van der Waals surface area contributed by atoms with Gasteiger partial charge in [-0.25, -0.2) is 4.79 Å². The summed E-state index contributed by atoms with van der Waals surface area (Å²) in [6.45, 7) is 0. The van der Waals surface area contributed by atoms with Crippen molar-refractivity contribution in [3.63, 3.8) is 0 Å². The Bertz CT molecular complexity index is 473. The second-order valence-corrected chi connectivity index (χ2v) is 2.58. The Labute approximate surface area is 72.4 Å². The van der Waals surface area contributed by atoms with Gasteiger partial charge < -0.3 is 9.52 Å². The third-order valence-corrected chi connectivity index (χ3v) is 1.74. The normalized spacial score (nSPS) is 10.5. The van der Waals surface area contributed by atoms with E-state index in [-0.39, 0.29) is 11.1 Å². The Morgan fingerprint density at radius 1 is 1.46 bits per heavy atom. The summed E-state index contributed by atoms with van der Waals surface area (Å²) in [5.41, 5.74) is 0.0499. The van der Waals surface area contributed by atoms with Crippen LogP contribution in [0.15, 0.2) is 28.7 Å². The van der Waals surface area contributed by atoms with Gasteiger partial charge in [0, 0.05) is 11.5 Å². The molecule has 1 aromatic carbocycles. The number of halogens is 1. The summed E-state index contributed by atoms with van der Waals surface area (Å²) in [6.07, 6.45) is 0. The zero-order valence-corrected chi connectivity index (χ0v) is 6.45. The summed E-state index contributed by atoms with van der Waals surface area (Å²) in [5, 5.41) is 9.17. The SMILES string of the molecule is O=C(O)c1cccc2cc(F)oc12. The maximum atomic E-state index is 12.6. The van der Waals surface area contributed by atoms with Crippen molar-refractivity contribution < 1.29 is 18.7 Å². The van der Waals surface area contributed by atoms with Crippen molar-refractivity contribution >= 4 is 16.9 Å². The molecule has 0 atom stereocenters. The Morgan fingerprint density at radius 3 is 2.92 bits per heavy atom. The van der Waals surface area contributed by atoms with E-state index in [4.69, 9.17) is 5.11 Å². The predicted molar refractivity (Wildman–Crippen MR) is 43.1 cm³/mol. The molecular weight excluding hydrogens is 175 g/mol. The molecule has 2 aromatic rings. The molecule has 13 heavy (non-hydrogen) atoms. The van der Waals surface area contributed by atoms with Crippen LogP contribution in [0.25, 0.3) is 11.0 Å². The number of furan rings is 1. The van der Waals surface area contributed by atoms with Gasteiger partial charge >= 0.3 is 5.97 Å². The number of fused-ring (bicyclic) bond motifs is 1. The first kappa shape index (κ1) is 7.79. The zero-order valence-electron chi connectivity index (χ0n) is 6.45. The lowest BCUT2D eigenvalue weighted by atomic mass is 10.1. The van der Waals surface area contributed by atoms with Crippen molar-refractivity contribution in [2.75, 3.05) is 0 Å². The molecule has 0 amide bonds. The molecule has 0 spiro atoms. The molecule has 0 fully saturated rings. The second kappa shape index (κ2) is 2.58.